The third-order valence-electron chi connectivity index (χ3n) is 1.73. The molecule has 0 radical (unpaired) electrons. The Morgan fingerprint density at radius 2 is 1.00 bits per heavy atom. The van der Waals surface area contributed by atoms with Crippen molar-refractivity contribution < 1.29 is 20.4 Å². The summed E-state index contributed by atoms with van der Waals surface area (Å²) < 4.78 is 0. The molecule has 0 aliphatic carbocycles. The van der Waals surface area contributed by atoms with E-state index in [0.29, 0.717) is 0 Å². The molecule has 0 aliphatic rings. The van der Waals surface area contributed by atoms with Gasteiger partial charge in [0.25, 0.3) is 0 Å². The van der Waals surface area contributed by atoms with Gasteiger partial charge >= 0.3 is 0 Å². The van der Waals surface area contributed by atoms with E-state index >= 15 is 0 Å². The molecule has 0 atom stereocenters. The van der Waals surface area contributed by atoms with Crippen LogP contribution in [-0.2, 0) is 0 Å². The van der Waals surface area contributed by atoms with Crippen LogP contribution in [0, 0.1) is 0 Å². The van der Waals surface area contributed by atoms with Crippen molar-refractivity contribution in [1.82, 2.24) is 0 Å². The van der Waals surface area contributed by atoms with Gasteiger partial charge < -0.3 is 20.4 Å². The van der Waals surface area contributed by atoms with Crippen LogP contribution in [0.15, 0.2) is 0 Å². The molecule has 68 valence electrons. The molecule has 0 amide bonds. The Labute approximate surface area is 66.1 Å². The highest BCUT2D eigenvalue weighted by Gasteiger charge is 2.24. The van der Waals surface area contributed by atoms with Gasteiger partial charge in [0.05, 0.1) is 5.60 Å². The standard InChI is InChI=1S/C7H16O4/c8-4-1-7(11,2-5-9)3-6-10/h8-11H,1-6H2. The molecule has 0 aromatic heterocycles. The van der Waals surface area contributed by atoms with Gasteiger partial charge in [-0.1, -0.05) is 0 Å². The summed E-state index contributed by atoms with van der Waals surface area (Å²) in [6.45, 7) is -0.385. The zero-order valence-electron chi connectivity index (χ0n) is 6.53. The number of rotatable bonds is 6. The Balaban J connectivity index is 3.79. The van der Waals surface area contributed by atoms with E-state index in [1.165, 1.54) is 0 Å². The molecule has 0 unspecified atom stereocenters. The lowest BCUT2D eigenvalue weighted by Crippen LogP contribution is -2.32. The SMILES string of the molecule is OCCC(O)(CCO)CCO. The van der Waals surface area contributed by atoms with E-state index < -0.39 is 5.60 Å². The summed E-state index contributed by atoms with van der Waals surface area (Å²) in [7, 11) is 0. The average Bonchev–Trinajstić information content (AvgIpc) is 1.88. The van der Waals surface area contributed by atoms with Gasteiger partial charge in [-0.2, -0.15) is 0 Å². The summed E-state index contributed by atoms with van der Waals surface area (Å²) in [4.78, 5) is 0. The zero-order chi connectivity index (χ0) is 8.74. The van der Waals surface area contributed by atoms with Crippen LogP contribution in [0.5, 0.6) is 0 Å². The van der Waals surface area contributed by atoms with Crippen molar-refractivity contribution in [1.29, 1.82) is 0 Å². The summed E-state index contributed by atoms with van der Waals surface area (Å²) in [6, 6.07) is 0. The maximum absolute atomic E-state index is 9.53. The quantitative estimate of drug-likeness (QED) is 0.400. The second-order valence-electron chi connectivity index (χ2n) is 2.65. The first-order valence-electron chi connectivity index (χ1n) is 3.73. The molecule has 0 bridgehead atoms. The third-order valence-corrected chi connectivity index (χ3v) is 1.73. The maximum Gasteiger partial charge on any atom is 0.0713 e. The van der Waals surface area contributed by atoms with Crippen molar-refractivity contribution in [3.63, 3.8) is 0 Å². The van der Waals surface area contributed by atoms with Gasteiger partial charge in [-0.05, 0) is 19.3 Å². The Bertz CT molecular complexity index is 77.4. The normalized spacial score (nSPS) is 12.0. The highest BCUT2D eigenvalue weighted by atomic mass is 16.3. The van der Waals surface area contributed by atoms with Gasteiger partial charge in [0.2, 0.25) is 0 Å². The van der Waals surface area contributed by atoms with Gasteiger partial charge in [0, 0.05) is 19.8 Å². The number of aliphatic hydroxyl groups excluding tert-OH is 3. The largest absolute Gasteiger partial charge is 0.396 e. The second kappa shape index (κ2) is 5.49. The minimum absolute atomic E-state index is 0.128. The van der Waals surface area contributed by atoms with E-state index in [1.807, 2.05) is 0 Å². The van der Waals surface area contributed by atoms with Crippen LogP contribution >= 0.6 is 0 Å². The van der Waals surface area contributed by atoms with E-state index in [0.717, 1.165) is 0 Å². The van der Waals surface area contributed by atoms with Crippen LogP contribution in [0.1, 0.15) is 19.3 Å². The van der Waals surface area contributed by atoms with Crippen molar-refractivity contribution in [3.8, 4) is 0 Å². The van der Waals surface area contributed by atoms with Crippen molar-refractivity contribution in [2.45, 2.75) is 24.9 Å². The average molecular weight is 164 g/mol. The molecule has 11 heavy (non-hydrogen) atoms. The highest BCUT2D eigenvalue weighted by Crippen LogP contribution is 2.18. The Kier molecular flexibility index (Phi) is 5.41. The molecule has 0 aliphatic heterocycles. The van der Waals surface area contributed by atoms with E-state index in [2.05, 4.69) is 0 Å². The second-order valence-corrected chi connectivity index (χ2v) is 2.65. The smallest absolute Gasteiger partial charge is 0.0713 e. The first-order valence-corrected chi connectivity index (χ1v) is 3.73. The van der Waals surface area contributed by atoms with Crippen molar-refractivity contribution in [2.24, 2.45) is 0 Å². The number of hydrogen-bond donors (Lipinski definition) is 4. The molecule has 0 heterocycles. The van der Waals surface area contributed by atoms with E-state index in [4.69, 9.17) is 15.3 Å². The summed E-state index contributed by atoms with van der Waals surface area (Å²) in [5, 5.41) is 35.1. The lowest BCUT2D eigenvalue weighted by molar-refractivity contribution is -0.0229. The van der Waals surface area contributed by atoms with Gasteiger partial charge in [-0.15, -0.1) is 0 Å². The molecule has 0 aromatic carbocycles. The lowest BCUT2D eigenvalue weighted by atomic mass is 9.93. The van der Waals surface area contributed by atoms with Crippen LogP contribution in [0.2, 0.25) is 0 Å². The molecular formula is C7H16O4. The molecule has 0 fully saturated rings. The van der Waals surface area contributed by atoms with E-state index in [-0.39, 0.29) is 39.1 Å². The van der Waals surface area contributed by atoms with Crippen LogP contribution < -0.4 is 0 Å². The van der Waals surface area contributed by atoms with Crippen LogP contribution in [0.4, 0.5) is 0 Å². The van der Waals surface area contributed by atoms with Crippen molar-refractivity contribution in [2.75, 3.05) is 19.8 Å². The summed E-state index contributed by atoms with van der Waals surface area (Å²) >= 11 is 0. The van der Waals surface area contributed by atoms with E-state index in [1.54, 1.807) is 0 Å². The summed E-state index contributed by atoms with van der Waals surface area (Å²) in [6.07, 6.45) is 0.608. The molecular weight excluding hydrogens is 148 g/mol. The maximum atomic E-state index is 9.53. The van der Waals surface area contributed by atoms with Crippen LogP contribution in [0.3, 0.4) is 0 Å². The fourth-order valence-electron chi connectivity index (χ4n) is 0.999. The summed E-state index contributed by atoms with van der Waals surface area (Å²) in [5.41, 5.74) is -1.10. The summed E-state index contributed by atoms with van der Waals surface area (Å²) in [5.74, 6) is 0. The molecule has 4 nitrogen and oxygen atoms in total. The molecule has 0 saturated carbocycles. The molecule has 0 aromatic rings. The molecule has 4 N–H and O–H groups in total. The monoisotopic (exact) mass is 164 g/mol. The zero-order valence-corrected chi connectivity index (χ0v) is 6.53. The Morgan fingerprint density at radius 3 is 1.18 bits per heavy atom. The first kappa shape index (κ1) is 10.8. The molecule has 0 saturated heterocycles. The van der Waals surface area contributed by atoms with Gasteiger partial charge in [-0.25, -0.2) is 0 Å². The predicted octanol–water partition coefficient (Wildman–Crippen LogP) is -1.14. The molecule has 4 heteroatoms. The van der Waals surface area contributed by atoms with Crippen molar-refractivity contribution in [3.05, 3.63) is 0 Å². The third kappa shape index (κ3) is 4.31. The first-order chi connectivity index (χ1) is 5.18. The minimum Gasteiger partial charge on any atom is -0.396 e. The Hall–Kier alpha value is -0.160. The Morgan fingerprint density at radius 1 is 0.727 bits per heavy atom. The predicted molar refractivity (Wildman–Crippen MR) is 40.1 cm³/mol. The fraction of sp³-hybridized carbons (Fsp3) is 1.00. The van der Waals surface area contributed by atoms with Gasteiger partial charge in [0.15, 0.2) is 0 Å². The van der Waals surface area contributed by atoms with Crippen LogP contribution in [-0.4, -0.2) is 45.8 Å². The molecule has 0 spiro atoms. The fourth-order valence-corrected chi connectivity index (χ4v) is 0.999. The topological polar surface area (TPSA) is 80.9 Å². The van der Waals surface area contributed by atoms with Crippen LogP contribution in [0.25, 0.3) is 0 Å². The molecule has 0 rings (SSSR count). The number of aliphatic hydroxyl groups is 4. The highest BCUT2D eigenvalue weighted by molar-refractivity contribution is 4.77. The minimum atomic E-state index is -1.10. The number of hydrogen-bond acceptors (Lipinski definition) is 4. The van der Waals surface area contributed by atoms with Crippen molar-refractivity contribution >= 4 is 0 Å². The van der Waals surface area contributed by atoms with E-state index in [9.17, 15) is 5.11 Å². The van der Waals surface area contributed by atoms with Gasteiger partial charge in [-0.3, -0.25) is 0 Å². The van der Waals surface area contributed by atoms with Gasteiger partial charge in [0.1, 0.15) is 0 Å². The lowest BCUT2D eigenvalue weighted by Gasteiger charge is -2.25.